The number of carboxylic acid groups (broad SMARTS) is 1. The van der Waals surface area contributed by atoms with E-state index >= 15 is 0 Å². The van der Waals surface area contributed by atoms with Crippen LogP contribution in [0.2, 0.25) is 0 Å². The Morgan fingerprint density at radius 1 is 1.77 bits per heavy atom. The van der Waals surface area contributed by atoms with Gasteiger partial charge in [-0.05, 0) is 29.5 Å². The average Bonchev–Trinajstić information content (AvgIpc) is 2.55. The van der Waals surface area contributed by atoms with Gasteiger partial charge >= 0.3 is 5.97 Å². The Morgan fingerprint density at radius 3 is 3.00 bits per heavy atom. The van der Waals surface area contributed by atoms with Gasteiger partial charge in [0.05, 0.1) is 6.20 Å². The maximum Gasteiger partial charge on any atom is 0.347 e. The van der Waals surface area contributed by atoms with Gasteiger partial charge in [-0.1, -0.05) is 11.3 Å². The van der Waals surface area contributed by atoms with Crippen LogP contribution in [0.5, 0.6) is 0 Å². The molecule has 13 heavy (non-hydrogen) atoms. The molecule has 0 aliphatic carbocycles. The minimum absolute atomic E-state index is 0.362. The number of nitrogens with zero attached hydrogens (tertiary/aromatic N) is 2. The van der Waals surface area contributed by atoms with Gasteiger partial charge < -0.3 is 5.11 Å². The standard InChI is InChI=1S/C7H5IN2O2S/c1-3-5(6(11)12)13-7-9-2-4(8)10(3)7/h2H,1H3,(H,11,12). The van der Waals surface area contributed by atoms with Crippen molar-refractivity contribution in [1.29, 1.82) is 0 Å². The summed E-state index contributed by atoms with van der Waals surface area (Å²) in [6.07, 6.45) is 1.73. The van der Waals surface area contributed by atoms with E-state index in [2.05, 4.69) is 27.6 Å². The van der Waals surface area contributed by atoms with Gasteiger partial charge in [0.2, 0.25) is 0 Å². The van der Waals surface area contributed by atoms with E-state index in [1.807, 2.05) is 4.40 Å². The van der Waals surface area contributed by atoms with Crippen LogP contribution in [0.15, 0.2) is 6.20 Å². The van der Waals surface area contributed by atoms with Crippen LogP contribution in [0.4, 0.5) is 0 Å². The highest BCUT2D eigenvalue weighted by atomic mass is 127. The molecule has 0 unspecified atom stereocenters. The molecule has 0 saturated heterocycles. The number of rotatable bonds is 1. The third kappa shape index (κ3) is 1.24. The van der Waals surface area contributed by atoms with E-state index in [1.165, 1.54) is 11.3 Å². The number of aromatic nitrogens is 2. The lowest BCUT2D eigenvalue weighted by molar-refractivity contribution is 0.0701. The Hall–Kier alpha value is -0.630. The van der Waals surface area contributed by atoms with Crippen molar-refractivity contribution in [3.8, 4) is 0 Å². The molecule has 6 heteroatoms. The zero-order valence-electron chi connectivity index (χ0n) is 6.61. The molecule has 0 amide bonds. The van der Waals surface area contributed by atoms with Crippen molar-refractivity contribution >= 4 is 44.9 Å². The van der Waals surface area contributed by atoms with E-state index < -0.39 is 5.97 Å². The fourth-order valence-electron chi connectivity index (χ4n) is 1.16. The number of imidazole rings is 1. The summed E-state index contributed by atoms with van der Waals surface area (Å²) in [5.74, 6) is -0.885. The first-order valence-electron chi connectivity index (χ1n) is 3.47. The minimum atomic E-state index is -0.885. The Morgan fingerprint density at radius 2 is 2.46 bits per heavy atom. The average molecular weight is 308 g/mol. The second-order valence-corrected chi connectivity index (χ2v) is 4.60. The van der Waals surface area contributed by atoms with E-state index in [4.69, 9.17) is 5.11 Å². The summed E-state index contributed by atoms with van der Waals surface area (Å²) < 4.78 is 2.78. The number of thiazole rings is 1. The zero-order chi connectivity index (χ0) is 9.59. The molecule has 0 aliphatic rings. The molecule has 0 atom stereocenters. The highest BCUT2D eigenvalue weighted by Gasteiger charge is 2.16. The lowest BCUT2D eigenvalue weighted by Crippen LogP contribution is -1.97. The fourth-order valence-corrected chi connectivity index (χ4v) is 2.99. The first-order chi connectivity index (χ1) is 6.11. The molecule has 68 valence electrons. The number of hydrogen-bond acceptors (Lipinski definition) is 3. The van der Waals surface area contributed by atoms with Crippen molar-refractivity contribution in [2.24, 2.45) is 0 Å². The molecule has 0 aromatic carbocycles. The summed E-state index contributed by atoms with van der Waals surface area (Å²) >= 11 is 3.33. The second kappa shape index (κ2) is 2.95. The van der Waals surface area contributed by atoms with E-state index in [1.54, 1.807) is 13.1 Å². The number of carboxylic acids is 1. The summed E-state index contributed by atoms with van der Waals surface area (Å²) in [5, 5.41) is 8.84. The number of fused-ring (bicyclic) bond motifs is 1. The molecule has 0 bridgehead atoms. The molecule has 0 radical (unpaired) electrons. The SMILES string of the molecule is Cc1c(C(=O)O)sc2ncc(I)n12. The molecule has 2 aromatic rings. The van der Waals surface area contributed by atoms with Gasteiger partial charge in [0.1, 0.15) is 8.58 Å². The monoisotopic (exact) mass is 308 g/mol. The molecule has 1 N–H and O–H groups in total. The van der Waals surface area contributed by atoms with Gasteiger partial charge in [0.25, 0.3) is 0 Å². The molecule has 0 spiro atoms. The number of halogens is 1. The molecular formula is C7H5IN2O2S. The van der Waals surface area contributed by atoms with Crippen LogP contribution < -0.4 is 0 Å². The van der Waals surface area contributed by atoms with Crippen molar-refractivity contribution in [2.75, 3.05) is 0 Å². The van der Waals surface area contributed by atoms with Gasteiger partial charge in [0, 0.05) is 5.69 Å². The van der Waals surface area contributed by atoms with Crippen molar-refractivity contribution < 1.29 is 9.90 Å². The van der Waals surface area contributed by atoms with Gasteiger partial charge in [0.15, 0.2) is 4.96 Å². The van der Waals surface area contributed by atoms with Gasteiger partial charge in [-0.15, -0.1) is 0 Å². The normalized spacial score (nSPS) is 10.9. The molecular weight excluding hydrogens is 303 g/mol. The summed E-state index contributed by atoms with van der Waals surface area (Å²) in [7, 11) is 0. The smallest absolute Gasteiger partial charge is 0.347 e. The van der Waals surface area contributed by atoms with Crippen LogP contribution in [0.25, 0.3) is 4.96 Å². The van der Waals surface area contributed by atoms with Crippen LogP contribution in [-0.2, 0) is 0 Å². The quantitative estimate of drug-likeness (QED) is 0.820. The highest BCUT2D eigenvalue weighted by molar-refractivity contribution is 14.1. The summed E-state index contributed by atoms with van der Waals surface area (Å²) in [6.45, 7) is 1.79. The Labute approximate surface area is 91.4 Å². The maximum atomic E-state index is 10.8. The topological polar surface area (TPSA) is 54.6 Å². The van der Waals surface area contributed by atoms with E-state index in [9.17, 15) is 4.79 Å². The lowest BCUT2D eigenvalue weighted by Gasteiger charge is -1.92. The number of aryl methyl sites for hydroxylation is 1. The molecule has 0 saturated carbocycles. The second-order valence-electron chi connectivity index (χ2n) is 2.52. The lowest BCUT2D eigenvalue weighted by atomic mass is 10.4. The largest absolute Gasteiger partial charge is 0.477 e. The molecule has 0 aliphatic heterocycles. The number of aromatic carboxylic acids is 1. The first-order valence-corrected chi connectivity index (χ1v) is 5.36. The van der Waals surface area contributed by atoms with Crippen LogP contribution in [0.3, 0.4) is 0 Å². The van der Waals surface area contributed by atoms with E-state index in [0.717, 1.165) is 14.4 Å². The van der Waals surface area contributed by atoms with Crippen LogP contribution in [0, 0.1) is 10.6 Å². The van der Waals surface area contributed by atoms with Crippen molar-refractivity contribution in [2.45, 2.75) is 6.92 Å². The van der Waals surface area contributed by atoms with Crippen molar-refractivity contribution in [1.82, 2.24) is 9.38 Å². The summed E-state index contributed by atoms with van der Waals surface area (Å²) in [6, 6.07) is 0. The van der Waals surface area contributed by atoms with Gasteiger partial charge in [-0.3, -0.25) is 4.40 Å². The Kier molecular flexibility index (Phi) is 2.03. The Balaban J connectivity index is 2.82. The maximum absolute atomic E-state index is 10.8. The van der Waals surface area contributed by atoms with Crippen molar-refractivity contribution in [3.63, 3.8) is 0 Å². The van der Waals surface area contributed by atoms with Crippen LogP contribution in [0.1, 0.15) is 15.4 Å². The highest BCUT2D eigenvalue weighted by Crippen LogP contribution is 2.24. The molecule has 4 nitrogen and oxygen atoms in total. The zero-order valence-corrected chi connectivity index (χ0v) is 9.59. The fraction of sp³-hybridized carbons (Fsp3) is 0.143. The predicted molar refractivity (Wildman–Crippen MR) is 57.5 cm³/mol. The third-order valence-corrected chi connectivity index (χ3v) is 3.64. The molecule has 2 heterocycles. The predicted octanol–water partition coefficient (Wildman–Crippen LogP) is 2.01. The van der Waals surface area contributed by atoms with E-state index in [0.29, 0.717) is 4.88 Å². The van der Waals surface area contributed by atoms with Gasteiger partial charge in [-0.25, -0.2) is 9.78 Å². The molecule has 0 fully saturated rings. The van der Waals surface area contributed by atoms with E-state index in [-0.39, 0.29) is 0 Å². The minimum Gasteiger partial charge on any atom is -0.477 e. The summed E-state index contributed by atoms with van der Waals surface area (Å²) in [5.41, 5.74) is 0.745. The molecule has 2 rings (SSSR count). The van der Waals surface area contributed by atoms with Crippen LogP contribution >= 0.6 is 33.9 Å². The Bertz CT molecular complexity index is 488. The third-order valence-electron chi connectivity index (χ3n) is 1.74. The van der Waals surface area contributed by atoms with Crippen LogP contribution in [-0.4, -0.2) is 20.5 Å². The number of carbonyl (C=O) groups is 1. The molecule has 2 aromatic heterocycles. The first kappa shape index (κ1) is 8.95. The van der Waals surface area contributed by atoms with Gasteiger partial charge in [-0.2, -0.15) is 0 Å². The van der Waals surface area contributed by atoms with Crippen molar-refractivity contribution in [3.05, 3.63) is 20.5 Å². The summed E-state index contributed by atoms with van der Waals surface area (Å²) in [4.78, 5) is 16.0. The number of hydrogen-bond donors (Lipinski definition) is 1.